The number of benzene rings is 1. The van der Waals surface area contributed by atoms with Gasteiger partial charge >= 0.3 is 0 Å². The normalized spacial score (nSPS) is 11.2. The first-order chi connectivity index (χ1) is 10.2. The van der Waals surface area contributed by atoms with Gasteiger partial charge in [0.05, 0.1) is 0 Å². The van der Waals surface area contributed by atoms with Gasteiger partial charge in [-0.05, 0) is 42.7 Å². The maximum Gasteiger partial charge on any atom is 0.164 e. The van der Waals surface area contributed by atoms with Gasteiger partial charge in [-0.2, -0.15) is 0 Å². The average Bonchev–Trinajstić information content (AvgIpc) is 2.87. The lowest BCUT2D eigenvalue weighted by molar-refractivity contribution is 0.904. The quantitative estimate of drug-likeness (QED) is 0.680. The minimum absolute atomic E-state index is 0.551. The van der Waals surface area contributed by atoms with Gasteiger partial charge in [0.15, 0.2) is 5.65 Å². The zero-order chi connectivity index (χ0) is 14.8. The molecule has 4 heteroatoms. The fraction of sp³-hybridized carbons (Fsp3) is 0.294. The van der Waals surface area contributed by atoms with Crippen LogP contribution >= 0.6 is 11.6 Å². The fourth-order valence-corrected chi connectivity index (χ4v) is 2.71. The first kappa shape index (κ1) is 14.1. The predicted molar refractivity (Wildman–Crippen MR) is 87.4 cm³/mol. The third-order valence-corrected chi connectivity index (χ3v) is 3.93. The van der Waals surface area contributed by atoms with Crippen molar-refractivity contribution in [2.75, 3.05) is 5.88 Å². The van der Waals surface area contributed by atoms with Crippen molar-refractivity contribution in [3.8, 4) is 5.69 Å². The number of halogens is 1. The summed E-state index contributed by atoms with van der Waals surface area (Å²) in [5.41, 5.74) is 5.41. The number of pyridine rings is 1. The summed E-state index contributed by atoms with van der Waals surface area (Å²) in [5, 5.41) is 0. The van der Waals surface area contributed by atoms with E-state index in [0.717, 1.165) is 41.1 Å². The van der Waals surface area contributed by atoms with Crippen molar-refractivity contribution in [3.05, 3.63) is 53.5 Å². The topological polar surface area (TPSA) is 30.7 Å². The molecule has 0 bridgehead atoms. The number of imidazole rings is 1. The van der Waals surface area contributed by atoms with Crippen molar-refractivity contribution < 1.29 is 0 Å². The second-order valence-electron chi connectivity index (χ2n) is 5.12. The molecule has 0 unspecified atom stereocenters. The van der Waals surface area contributed by atoms with Crippen molar-refractivity contribution in [2.45, 2.75) is 26.7 Å². The second-order valence-corrected chi connectivity index (χ2v) is 5.50. The Morgan fingerprint density at radius 1 is 1.14 bits per heavy atom. The maximum absolute atomic E-state index is 5.94. The number of aryl methyl sites for hydroxylation is 3. The van der Waals surface area contributed by atoms with E-state index in [1.54, 1.807) is 0 Å². The Bertz CT molecular complexity index is 760. The number of aromatic nitrogens is 3. The van der Waals surface area contributed by atoms with Crippen LogP contribution in [-0.4, -0.2) is 20.4 Å². The minimum atomic E-state index is 0.551. The van der Waals surface area contributed by atoms with Crippen molar-refractivity contribution in [1.29, 1.82) is 0 Å². The summed E-state index contributed by atoms with van der Waals surface area (Å²) in [7, 11) is 0. The molecule has 1 aromatic carbocycles. The standard InChI is InChI=1S/C17H18ClN3/c1-3-13-4-6-14(7-5-13)21-15(8-10-18)20-16-12(2)9-11-19-17(16)21/h4-7,9,11H,3,8,10H2,1-2H3. The summed E-state index contributed by atoms with van der Waals surface area (Å²) in [5.74, 6) is 1.51. The van der Waals surface area contributed by atoms with Crippen LogP contribution in [0.2, 0.25) is 0 Å². The molecule has 21 heavy (non-hydrogen) atoms. The zero-order valence-corrected chi connectivity index (χ0v) is 13.1. The van der Waals surface area contributed by atoms with Crippen LogP contribution in [0.4, 0.5) is 0 Å². The summed E-state index contributed by atoms with van der Waals surface area (Å²) in [4.78, 5) is 9.26. The van der Waals surface area contributed by atoms with Crippen LogP contribution in [0.15, 0.2) is 36.5 Å². The highest BCUT2D eigenvalue weighted by molar-refractivity contribution is 6.17. The predicted octanol–water partition coefficient (Wildman–Crippen LogP) is 4.07. The number of hydrogen-bond acceptors (Lipinski definition) is 2. The number of nitrogens with zero attached hydrogens (tertiary/aromatic N) is 3. The van der Waals surface area contributed by atoms with E-state index in [-0.39, 0.29) is 0 Å². The van der Waals surface area contributed by atoms with Gasteiger partial charge in [0, 0.05) is 24.2 Å². The number of alkyl halides is 1. The van der Waals surface area contributed by atoms with Gasteiger partial charge in [-0.15, -0.1) is 11.6 Å². The third kappa shape index (κ3) is 2.54. The molecule has 2 aromatic heterocycles. The zero-order valence-electron chi connectivity index (χ0n) is 12.3. The highest BCUT2D eigenvalue weighted by Gasteiger charge is 2.14. The molecule has 0 saturated heterocycles. The van der Waals surface area contributed by atoms with E-state index in [1.807, 2.05) is 12.3 Å². The number of rotatable bonds is 4. The Morgan fingerprint density at radius 2 is 1.90 bits per heavy atom. The molecule has 0 N–H and O–H groups in total. The summed E-state index contributed by atoms with van der Waals surface area (Å²) in [6, 6.07) is 10.6. The lowest BCUT2D eigenvalue weighted by atomic mass is 10.1. The molecule has 2 heterocycles. The Morgan fingerprint density at radius 3 is 2.57 bits per heavy atom. The molecule has 0 aliphatic heterocycles. The molecule has 3 rings (SSSR count). The molecule has 3 nitrogen and oxygen atoms in total. The van der Waals surface area contributed by atoms with Crippen LogP contribution in [0.1, 0.15) is 23.9 Å². The second kappa shape index (κ2) is 5.86. The van der Waals surface area contributed by atoms with Crippen LogP contribution in [0.5, 0.6) is 0 Å². The van der Waals surface area contributed by atoms with Crippen molar-refractivity contribution in [2.24, 2.45) is 0 Å². The Kier molecular flexibility index (Phi) is 3.93. The number of hydrogen-bond donors (Lipinski definition) is 0. The maximum atomic E-state index is 5.94. The van der Waals surface area contributed by atoms with Crippen molar-refractivity contribution >= 4 is 22.8 Å². The lowest BCUT2D eigenvalue weighted by Crippen LogP contribution is -2.03. The molecule has 0 spiro atoms. The highest BCUT2D eigenvalue weighted by Crippen LogP contribution is 2.23. The summed E-state index contributed by atoms with van der Waals surface area (Å²) >= 11 is 5.94. The van der Waals surface area contributed by atoms with Crippen LogP contribution < -0.4 is 0 Å². The molecule has 0 aliphatic rings. The Labute approximate surface area is 129 Å². The van der Waals surface area contributed by atoms with Gasteiger partial charge in [0.1, 0.15) is 11.3 Å². The smallest absolute Gasteiger partial charge is 0.164 e. The van der Waals surface area contributed by atoms with Crippen LogP contribution in [0.25, 0.3) is 16.9 Å². The molecule has 0 atom stereocenters. The van der Waals surface area contributed by atoms with E-state index >= 15 is 0 Å². The summed E-state index contributed by atoms with van der Waals surface area (Å²) in [6.45, 7) is 4.22. The molecule has 108 valence electrons. The third-order valence-electron chi connectivity index (χ3n) is 3.74. The number of fused-ring (bicyclic) bond motifs is 1. The molecule has 3 aromatic rings. The molecule has 0 amide bonds. The van der Waals surface area contributed by atoms with E-state index in [2.05, 4.69) is 47.7 Å². The highest BCUT2D eigenvalue weighted by atomic mass is 35.5. The van der Waals surface area contributed by atoms with Gasteiger partial charge in [-0.1, -0.05) is 19.1 Å². The molecular weight excluding hydrogens is 282 g/mol. The van der Waals surface area contributed by atoms with Crippen LogP contribution in [-0.2, 0) is 12.8 Å². The van der Waals surface area contributed by atoms with Gasteiger partial charge in [0.2, 0.25) is 0 Å². The average molecular weight is 300 g/mol. The lowest BCUT2D eigenvalue weighted by Gasteiger charge is -2.08. The van der Waals surface area contributed by atoms with Gasteiger partial charge in [-0.25, -0.2) is 9.97 Å². The van der Waals surface area contributed by atoms with E-state index in [0.29, 0.717) is 5.88 Å². The Balaban J connectivity index is 2.22. The van der Waals surface area contributed by atoms with E-state index in [9.17, 15) is 0 Å². The van der Waals surface area contributed by atoms with E-state index < -0.39 is 0 Å². The fourth-order valence-electron chi connectivity index (χ4n) is 2.54. The SMILES string of the molecule is CCc1ccc(-n2c(CCCl)nc3c(C)ccnc32)cc1. The molecule has 0 fully saturated rings. The van der Waals surface area contributed by atoms with Gasteiger partial charge in [-0.3, -0.25) is 4.57 Å². The molecule has 0 saturated carbocycles. The Hall–Kier alpha value is -1.87. The summed E-state index contributed by atoms with van der Waals surface area (Å²) < 4.78 is 2.12. The molecule has 0 aliphatic carbocycles. The monoisotopic (exact) mass is 299 g/mol. The van der Waals surface area contributed by atoms with Gasteiger partial charge < -0.3 is 0 Å². The van der Waals surface area contributed by atoms with Crippen molar-refractivity contribution in [1.82, 2.24) is 14.5 Å². The van der Waals surface area contributed by atoms with Crippen LogP contribution in [0.3, 0.4) is 0 Å². The molecular formula is C17H18ClN3. The summed E-state index contributed by atoms with van der Waals surface area (Å²) in [6.07, 6.45) is 3.60. The van der Waals surface area contributed by atoms with Crippen LogP contribution in [0, 0.1) is 6.92 Å². The largest absolute Gasteiger partial charge is 0.281 e. The minimum Gasteiger partial charge on any atom is -0.281 e. The first-order valence-corrected chi connectivity index (χ1v) is 7.76. The van der Waals surface area contributed by atoms with E-state index in [4.69, 9.17) is 16.6 Å². The van der Waals surface area contributed by atoms with Gasteiger partial charge in [0.25, 0.3) is 0 Å². The van der Waals surface area contributed by atoms with Crippen molar-refractivity contribution in [3.63, 3.8) is 0 Å². The first-order valence-electron chi connectivity index (χ1n) is 7.22. The molecule has 0 radical (unpaired) electrons. The van der Waals surface area contributed by atoms with E-state index in [1.165, 1.54) is 5.56 Å².